The van der Waals surface area contributed by atoms with E-state index < -0.39 is 5.97 Å². The summed E-state index contributed by atoms with van der Waals surface area (Å²) in [6.45, 7) is 5.39. The van der Waals surface area contributed by atoms with E-state index in [2.05, 4.69) is 10.6 Å². The van der Waals surface area contributed by atoms with E-state index in [1.54, 1.807) is 36.4 Å². The van der Waals surface area contributed by atoms with Crippen LogP contribution in [0.4, 0.5) is 5.69 Å². The van der Waals surface area contributed by atoms with Crippen LogP contribution >= 0.6 is 0 Å². The van der Waals surface area contributed by atoms with Crippen molar-refractivity contribution in [2.75, 3.05) is 11.9 Å². The molecule has 0 fully saturated rings. The molecule has 7 heteroatoms. The lowest BCUT2D eigenvalue weighted by molar-refractivity contribution is -0.131. The van der Waals surface area contributed by atoms with Crippen LogP contribution < -0.4 is 20.1 Å². The number of aryl methyl sites for hydroxylation is 2. The summed E-state index contributed by atoms with van der Waals surface area (Å²) < 4.78 is 10.6. The van der Waals surface area contributed by atoms with Crippen molar-refractivity contribution < 1.29 is 23.9 Å². The molecule has 0 bridgehead atoms. The average Bonchev–Trinajstić information content (AvgIpc) is 2.77. The minimum absolute atomic E-state index is 0.108. The van der Waals surface area contributed by atoms with Crippen LogP contribution in [-0.4, -0.2) is 24.4 Å². The minimum Gasteiger partial charge on any atom is -0.483 e. The largest absolute Gasteiger partial charge is 0.483 e. The fraction of sp³-hybridized carbons (Fsp3) is 0.192. The van der Waals surface area contributed by atoms with Gasteiger partial charge >= 0.3 is 5.97 Å². The second kappa shape index (κ2) is 10.9. The predicted molar refractivity (Wildman–Crippen MR) is 125 cm³/mol. The van der Waals surface area contributed by atoms with Gasteiger partial charge in [0, 0.05) is 24.7 Å². The van der Waals surface area contributed by atoms with Gasteiger partial charge in [0.05, 0.1) is 0 Å². The first-order valence-electron chi connectivity index (χ1n) is 10.5. The maximum atomic E-state index is 12.4. The standard InChI is InChI=1S/C26H26N2O5/c1-17-10-11-24(18(2)12-17)32-16-25(30)28-22-8-4-6-20(13-22)15-27-26(31)21-7-5-9-23(14-21)33-19(3)29/h4-14H,15-16H2,1-3H3,(H,27,31)(H,28,30). The van der Waals surface area contributed by atoms with Crippen molar-refractivity contribution in [1.82, 2.24) is 5.32 Å². The van der Waals surface area contributed by atoms with E-state index in [0.29, 0.717) is 22.7 Å². The zero-order chi connectivity index (χ0) is 23.8. The van der Waals surface area contributed by atoms with Crippen LogP contribution in [0, 0.1) is 13.8 Å². The summed E-state index contributed by atoms with van der Waals surface area (Å²) in [5.74, 6) is -0.0579. The van der Waals surface area contributed by atoms with Crippen molar-refractivity contribution in [2.24, 2.45) is 0 Å². The number of rotatable bonds is 8. The predicted octanol–water partition coefficient (Wildman–Crippen LogP) is 4.18. The first kappa shape index (κ1) is 23.5. The summed E-state index contributed by atoms with van der Waals surface area (Å²) in [6.07, 6.45) is 0. The Morgan fingerprint density at radius 1 is 0.909 bits per heavy atom. The molecule has 0 spiro atoms. The van der Waals surface area contributed by atoms with E-state index in [1.165, 1.54) is 13.0 Å². The summed E-state index contributed by atoms with van der Waals surface area (Å²) in [5, 5.41) is 5.62. The summed E-state index contributed by atoms with van der Waals surface area (Å²) in [5.41, 5.74) is 3.89. The first-order valence-corrected chi connectivity index (χ1v) is 10.5. The fourth-order valence-corrected chi connectivity index (χ4v) is 3.21. The van der Waals surface area contributed by atoms with Gasteiger partial charge in [-0.2, -0.15) is 0 Å². The van der Waals surface area contributed by atoms with E-state index in [9.17, 15) is 14.4 Å². The van der Waals surface area contributed by atoms with E-state index >= 15 is 0 Å². The number of carbonyl (C=O) groups excluding carboxylic acids is 3. The summed E-state index contributed by atoms with van der Waals surface area (Å²) in [6, 6.07) is 19.4. The SMILES string of the molecule is CC(=O)Oc1cccc(C(=O)NCc2cccc(NC(=O)COc3ccc(C)cc3C)c2)c1. The highest BCUT2D eigenvalue weighted by Crippen LogP contribution is 2.19. The fourth-order valence-electron chi connectivity index (χ4n) is 3.21. The third-order valence-electron chi connectivity index (χ3n) is 4.71. The van der Waals surface area contributed by atoms with Gasteiger partial charge in [-0.15, -0.1) is 0 Å². The van der Waals surface area contributed by atoms with E-state index in [0.717, 1.165) is 16.7 Å². The molecule has 0 heterocycles. The van der Waals surface area contributed by atoms with Crippen LogP contribution in [0.15, 0.2) is 66.7 Å². The molecule has 0 saturated heterocycles. The molecule has 0 aliphatic carbocycles. The maximum absolute atomic E-state index is 12.4. The van der Waals surface area contributed by atoms with Gasteiger partial charge < -0.3 is 20.1 Å². The molecule has 0 aliphatic heterocycles. The Bertz CT molecular complexity index is 1170. The molecule has 0 aromatic heterocycles. The average molecular weight is 447 g/mol. The minimum atomic E-state index is -0.453. The summed E-state index contributed by atoms with van der Waals surface area (Å²) in [7, 11) is 0. The molecule has 0 radical (unpaired) electrons. The van der Waals surface area contributed by atoms with Gasteiger partial charge in [0.1, 0.15) is 11.5 Å². The van der Waals surface area contributed by atoms with Crippen LogP contribution in [-0.2, 0) is 16.1 Å². The molecule has 33 heavy (non-hydrogen) atoms. The lowest BCUT2D eigenvalue weighted by atomic mass is 10.1. The smallest absolute Gasteiger partial charge is 0.308 e. The monoisotopic (exact) mass is 446 g/mol. The van der Waals surface area contributed by atoms with Crippen LogP contribution in [0.2, 0.25) is 0 Å². The van der Waals surface area contributed by atoms with Crippen molar-refractivity contribution in [3.63, 3.8) is 0 Å². The number of amides is 2. The highest BCUT2D eigenvalue weighted by molar-refractivity contribution is 5.95. The number of ether oxygens (including phenoxy) is 2. The third-order valence-corrected chi connectivity index (χ3v) is 4.71. The Balaban J connectivity index is 1.53. The third kappa shape index (κ3) is 7.21. The van der Waals surface area contributed by atoms with E-state index in [-0.39, 0.29) is 25.0 Å². The molecule has 3 aromatic carbocycles. The summed E-state index contributed by atoms with van der Waals surface area (Å²) >= 11 is 0. The number of benzene rings is 3. The molecule has 2 amide bonds. The molecule has 0 atom stereocenters. The van der Waals surface area contributed by atoms with Gasteiger partial charge in [-0.25, -0.2) is 0 Å². The van der Waals surface area contributed by atoms with Gasteiger partial charge in [-0.3, -0.25) is 14.4 Å². The van der Waals surface area contributed by atoms with Crippen molar-refractivity contribution in [2.45, 2.75) is 27.3 Å². The second-order valence-electron chi connectivity index (χ2n) is 7.61. The van der Waals surface area contributed by atoms with Crippen molar-refractivity contribution in [3.05, 3.63) is 89.0 Å². The van der Waals surface area contributed by atoms with Crippen LogP contribution in [0.5, 0.6) is 11.5 Å². The molecule has 0 aliphatic rings. The topological polar surface area (TPSA) is 93.7 Å². The lowest BCUT2D eigenvalue weighted by Gasteiger charge is -2.11. The van der Waals surface area contributed by atoms with Crippen LogP contribution in [0.25, 0.3) is 0 Å². The van der Waals surface area contributed by atoms with Crippen LogP contribution in [0.3, 0.4) is 0 Å². The molecule has 170 valence electrons. The number of carbonyl (C=O) groups is 3. The number of hydrogen-bond donors (Lipinski definition) is 2. The number of hydrogen-bond acceptors (Lipinski definition) is 5. The van der Waals surface area contributed by atoms with Crippen molar-refractivity contribution in [1.29, 1.82) is 0 Å². The first-order chi connectivity index (χ1) is 15.8. The second-order valence-corrected chi connectivity index (χ2v) is 7.61. The molecular weight excluding hydrogens is 420 g/mol. The zero-order valence-electron chi connectivity index (χ0n) is 18.8. The Morgan fingerprint density at radius 2 is 1.70 bits per heavy atom. The van der Waals surface area contributed by atoms with Gasteiger partial charge in [0.25, 0.3) is 11.8 Å². The highest BCUT2D eigenvalue weighted by Gasteiger charge is 2.09. The normalized spacial score (nSPS) is 10.3. The lowest BCUT2D eigenvalue weighted by Crippen LogP contribution is -2.23. The van der Waals surface area contributed by atoms with E-state index in [4.69, 9.17) is 9.47 Å². The Kier molecular flexibility index (Phi) is 7.81. The number of anilines is 1. The molecule has 7 nitrogen and oxygen atoms in total. The molecule has 0 unspecified atom stereocenters. The molecule has 0 saturated carbocycles. The van der Waals surface area contributed by atoms with Crippen molar-refractivity contribution in [3.8, 4) is 11.5 Å². The van der Waals surface area contributed by atoms with Gasteiger partial charge in [-0.05, 0) is 61.4 Å². The van der Waals surface area contributed by atoms with Gasteiger partial charge in [-0.1, -0.05) is 35.9 Å². The van der Waals surface area contributed by atoms with Gasteiger partial charge in [0.15, 0.2) is 6.61 Å². The number of esters is 1. The molecule has 3 aromatic rings. The quantitative estimate of drug-likeness (QED) is 0.400. The van der Waals surface area contributed by atoms with Gasteiger partial charge in [0.2, 0.25) is 0 Å². The van der Waals surface area contributed by atoms with E-state index in [1.807, 2.05) is 38.1 Å². The highest BCUT2D eigenvalue weighted by atomic mass is 16.5. The van der Waals surface area contributed by atoms with Crippen LogP contribution in [0.1, 0.15) is 34.0 Å². The maximum Gasteiger partial charge on any atom is 0.308 e. The van der Waals surface area contributed by atoms with Crippen molar-refractivity contribution >= 4 is 23.5 Å². The Morgan fingerprint density at radius 3 is 2.45 bits per heavy atom. The molecule has 2 N–H and O–H groups in total. The Hall–Kier alpha value is -4.13. The Labute approximate surface area is 192 Å². The summed E-state index contributed by atoms with van der Waals surface area (Å²) in [4.78, 5) is 35.8. The molecular formula is C26H26N2O5. The number of nitrogens with one attached hydrogen (secondary N) is 2. The zero-order valence-corrected chi connectivity index (χ0v) is 18.8. The molecule has 3 rings (SSSR count).